The van der Waals surface area contributed by atoms with Gasteiger partial charge >= 0.3 is 0 Å². The van der Waals surface area contributed by atoms with E-state index in [-0.39, 0.29) is 11.9 Å². The summed E-state index contributed by atoms with van der Waals surface area (Å²) in [6.45, 7) is 6.19. The van der Waals surface area contributed by atoms with Gasteiger partial charge in [-0.1, -0.05) is 32.0 Å². The maximum absolute atomic E-state index is 13.7. The summed E-state index contributed by atoms with van der Waals surface area (Å²) in [5, 5.41) is 0. The third-order valence-electron chi connectivity index (χ3n) is 4.65. The molecule has 3 heteroatoms. The second kappa shape index (κ2) is 6.68. The Labute approximate surface area is 122 Å². The zero-order valence-electron chi connectivity index (χ0n) is 12.8. The van der Waals surface area contributed by atoms with Gasteiger partial charge in [-0.25, -0.2) is 4.39 Å². The van der Waals surface area contributed by atoms with Crippen molar-refractivity contribution in [1.29, 1.82) is 0 Å². The lowest BCUT2D eigenvalue weighted by Crippen LogP contribution is -2.45. The molecule has 1 fully saturated rings. The van der Waals surface area contributed by atoms with E-state index in [9.17, 15) is 4.39 Å². The minimum atomic E-state index is -0.117. The topological polar surface area (TPSA) is 29.3 Å². The number of rotatable bonds is 4. The highest BCUT2D eigenvalue weighted by Crippen LogP contribution is 2.33. The second-order valence-corrected chi connectivity index (χ2v) is 6.67. The SMILES string of the molecule is CC1CC(C)C(CN(C)Cc2ccccc2F)C(N)C1. The van der Waals surface area contributed by atoms with E-state index < -0.39 is 0 Å². The van der Waals surface area contributed by atoms with Gasteiger partial charge in [-0.15, -0.1) is 0 Å². The summed E-state index contributed by atoms with van der Waals surface area (Å²) in [5.41, 5.74) is 7.09. The highest BCUT2D eigenvalue weighted by Gasteiger charge is 2.32. The van der Waals surface area contributed by atoms with Crippen molar-refractivity contribution in [1.82, 2.24) is 4.90 Å². The van der Waals surface area contributed by atoms with Gasteiger partial charge in [-0.3, -0.25) is 0 Å². The molecular weight excluding hydrogens is 251 g/mol. The van der Waals surface area contributed by atoms with Gasteiger partial charge in [0.05, 0.1) is 0 Å². The smallest absolute Gasteiger partial charge is 0.127 e. The van der Waals surface area contributed by atoms with E-state index in [2.05, 4.69) is 25.8 Å². The van der Waals surface area contributed by atoms with E-state index in [1.165, 1.54) is 12.5 Å². The Morgan fingerprint density at radius 3 is 2.60 bits per heavy atom. The third kappa shape index (κ3) is 3.80. The molecule has 0 saturated heterocycles. The van der Waals surface area contributed by atoms with E-state index in [0.29, 0.717) is 18.4 Å². The molecule has 0 bridgehead atoms. The van der Waals surface area contributed by atoms with Crippen molar-refractivity contribution in [3.63, 3.8) is 0 Å². The standard InChI is InChI=1S/C17H27FN2/c1-12-8-13(2)15(17(19)9-12)11-20(3)10-14-6-4-5-7-16(14)18/h4-7,12-13,15,17H,8-11,19H2,1-3H3. The van der Waals surface area contributed by atoms with Crippen LogP contribution in [-0.2, 0) is 6.54 Å². The summed E-state index contributed by atoms with van der Waals surface area (Å²) in [6, 6.07) is 7.29. The van der Waals surface area contributed by atoms with E-state index in [4.69, 9.17) is 5.73 Å². The molecule has 0 spiro atoms. The molecule has 2 N–H and O–H groups in total. The van der Waals surface area contributed by atoms with Crippen LogP contribution in [0.3, 0.4) is 0 Å². The van der Waals surface area contributed by atoms with Gasteiger partial charge in [0.25, 0.3) is 0 Å². The van der Waals surface area contributed by atoms with Crippen LogP contribution in [0, 0.1) is 23.6 Å². The fourth-order valence-electron chi connectivity index (χ4n) is 3.62. The lowest BCUT2D eigenvalue weighted by Gasteiger charge is -2.39. The van der Waals surface area contributed by atoms with Gasteiger partial charge in [0.15, 0.2) is 0 Å². The van der Waals surface area contributed by atoms with Crippen molar-refractivity contribution in [2.45, 2.75) is 39.3 Å². The Morgan fingerprint density at radius 2 is 1.95 bits per heavy atom. The van der Waals surface area contributed by atoms with Crippen LogP contribution >= 0.6 is 0 Å². The fraction of sp³-hybridized carbons (Fsp3) is 0.647. The van der Waals surface area contributed by atoms with Crippen LogP contribution in [0.15, 0.2) is 24.3 Å². The molecule has 0 radical (unpaired) electrons. The Balaban J connectivity index is 1.94. The predicted octanol–water partition coefficient (Wildman–Crippen LogP) is 3.27. The molecule has 20 heavy (non-hydrogen) atoms. The average Bonchev–Trinajstić information content (AvgIpc) is 2.36. The van der Waals surface area contributed by atoms with Crippen molar-refractivity contribution in [3.05, 3.63) is 35.6 Å². The molecule has 0 amide bonds. The Morgan fingerprint density at radius 1 is 1.25 bits per heavy atom. The van der Waals surface area contributed by atoms with Gasteiger partial charge in [-0.05, 0) is 43.7 Å². The van der Waals surface area contributed by atoms with Crippen molar-refractivity contribution in [2.24, 2.45) is 23.5 Å². The molecule has 0 heterocycles. The summed E-state index contributed by atoms with van der Waals surface area (Å²) < 4.78 is 13.7. The quantitative estimate of drug-likeness (QED) is 0.916. The molecule has 1 aromatic carbocycles. The number of halogens is 1. The van der Waals surface area contributed by atoms with Crippen LogP contribution < -0.4 is 5.73 Å². The minimum Gasteiger partial charge on any atom is -0.327 e. The number of hydrogen-bond acceptors (Lipinski definition) is 2. The molecule has 4 atom stereocenters. The van der Waals surface area contributed by atoms with Gasteiger partial charge < -0.3 is 10.6 Å². The number of hydrogen-bond donors (Lipinski definition) is 1. The lowest BCUT2D eigenvalue weighted by atomic mass is 9.72. The average molecular weight is 278 g/mol. The first-order valence-corrected chi connectivity index (χ1v) is 7.65. The van der Waals surface area contributed by atoms with Crippen LogP contribution in [0.2, 0.25) is 0 Å². The first-order chi connectivity index (χ1) is 9.47. The van der Waals surface area contributed by atoms with Crippen molar-refractivity contribution < 1.29 is 4.39 Å². The molecule has 112 valence electrons. The predicted molar refractivity (Wildman–Crippen MR) is 81.8 cm³/mol. The van der Waals surface area contributed by atoms with E-state index in [0.717, 1.165) is 24.4 Å². The Hall–Kier alpha value is -0.930. The molecule has 2 rings (SSSR count). The summed E-state index contributed by atoms with van der Waals surface area (Å²) in [7, 11) is 2.06. The molecule has 0 aliphatic heterocycles. The Bertz CT molecular complexity index is 423. The molecule has 4 unspecified atom stereocenters. The van der Waals surface area contributed by atoms with Gasteiger partial charge in [0.2, 0.25) is 0 Å². The first kappa shape index (κ1) is 15.5. The normalized spacial score (nSPS) is 30.7. The van der Waals surface area contributed by atoms with Crippen LogP contribution in [-0.4, -0.2) is 24.5 Å². The van der Waals surface area contributed by atoms with Crippen LogP contribution in [0.4, 0.5) is 4.39 Å². The first-order valence-electron chi connectivity index (χ1n) is 7.65. The maximum Gasteiger partial charge on any atom is 0.127 e. The summed E-state index contributed by atoms with van der Waals surface area (Å²) in [5.74, 6) is 1.78. The van der Waals surface area contributed by atoms with Crippen LogP contribution in [0.5, 0.6) is 0 Å². The number of nitrogens with two attached hydrogens (primary N) is 1. The zero-order valence-corrected chi connectivity index (χ0v) is 12.8. The summed E-state index contributed by atoms with van der Waals surface area (Å²) in [4.78, 5) is 2.20. The molecule has 0 aromatic heterocycles. The van der Waals surface area contributed by atoms with Gasteiger partial charge in [-0.2, -0.15) is 0 Å². The second-order valence-electron chi connectivity index (χ2n) is 6.67. The number of benzene rings is 1. The number of nitrogens with zero attached hydrogens (tertiary/aromatic N) is 1. The molecule has 1 saturated carbocycles. The maximum atomic E-state index is 13.7. The lowest BCUT2D eigenvalue weighted by molar-refractivity contribution is 0.127. The molecule has 2 nitrogen and oxygen atoms in total. The van der Waals surface area contributed by atoms with Gasteiger partial charge in [0.1, 0.15) is 5.82 Å². The molecule has 1 aliphatic carbocycles. The van der Waals surface area contributed by atoms with Crippen molar-refractivity contribution >= 4 is 0 Å². The van der Waals surface area contributed by atoms with Gasteiger partial charge in [0, 0.05) is 24.7 Å². The zero-order chi connectivity index (χ0) is 14.7. The van der Waals surface area contributed by atoms with E-state index in [1.807, 2.05) is 12.1 Å². The van der Waals surface area contributed by atoms with Crippen molar-refractivity contribution in [2.75, 3.05) is 13.6 Å². The van der Waals surface area contributed by atoms with Crippen LogP contribution in [0.25, 0.3) is 0 Å². The highest BCUT2D eigenvalue weighted by atomic mass is 19.1. The fourth-order valence-corrected chi connectivity index (χ4v) is 3.62. The molecule has 1 aromatic rings. The highest BCUT2D eigenvalue weighted by molar-refractivity contribution is 5.17. The van der Waals surface area contributed by atoms with E-state index in [1.54, 1.807) is 6.07 Å². The molecule has 1 aliphatic rings. The van der Waals surface area contributed by atoms with Crippen molar-refractivity contribution in [3.8, 4) is 0 Å². The van der Waals surface area contributed by atoms with E-state index >= 15 is 0 Å². The molecular formula is C17H27FN2. The monoisotopic (exact) mass is 278 g/mol. The van der Waals surface area contributed by atoms with Crippen LogP contribution in [0.1, 0.15) is 32.3 Å². The Kier molecular flexibility index (Phi) is 5.17. The largest absolute Gasteiger partial charge is 0.327 e. The summed E-state index contributed by atoms with van der Waals surface area (Å²) in [6.07, 6.45) is 2.37. The minimum absolute atomic E-state index is 0.117. The third-order valence-corrected chi connectivity index (χ3v) is 4.65. The summed E-state index contributed by atoms with van der Waals surface area (Å²) >= 11 is 0.